The van der Waals surface area contributed by atoms with Gasteiger partial charge in [-0.05, 0) is 31.2 Å². The summed E-state index contributed by atoms with van der Waals surface area (Å²) in [6.45, 7) is 2.91. The van der Waals surface area contributed by atoms with Crippen LogP contribution in [0.15, 0.2) is 42.5 Å². The standard InChI is InChI=1S/C17H17NO2/c1-3-13-7-5-9-15(11-13)18-12-14-8-6-10-16(17(14)19)20-4-2/h1,5-11,18-19H,4,12H2,2H3. The highest BCUT2D eigenvalue weighted by molar-refractivity contribution is 5.52. The van der Waals surface area contributed by atoms with Gasteiger partial charge in [0, 0.05) is 23.4 Å². The van der Waals surface area contributed by atoms with E-state index in [2.05, 4.69) is 11.2 Å². The van der Waals surface area contributed by atoms with Crippen LogP contribution in [0.2, 0.25) is 0 Å². The number of hydrogen-bond donors (Lipinski definition) is 2. The largest absolute Gasteiger partial charge is 0.504 e. The topological polar surface area (TPSA) is 41.5 Å². The third-order valence-corrected chi connectivity index (χ3v) is 2.89. The first-order valence-electron chi connectivity index (χ1n) is 6.48. The Labute approximate surface area is 119 Å². The number of phenolic OH excluding ortho intramolecular Hbond substituents is 1. The van der Waals surface area contributed by atoms with Crippen molar-refractivity contribution in [2.24, 2.45) is 0 Å². The van der Waals surface area contributed by atoms with Gasteiger partial charge in [-0.25, -0.2) is 0 Å². The highest BCUT2D eigenvalue weighted by atomic mass is 16.5. The number of para-hydroxylation sites is 1. The second kappa shape index (κ2) is 6.53. The van der Waals surface area contributed by atoms with Crippen molar-refractivity contribution < 1.29 is 9.84 Å². The van der Waals surface area contributed by atoms with Crippen LogP contribution in [0, 0.1) is 12.3 Å². The van der Waals surface area contributed by atoms with Crippen molar-refractivity contribution in [1.29, 1.82) is 0 Å². The van der Waals surface area contributed by atoms with Crippen molar-refractivity contribution in [2.45, 2.75) is 13.5 Å². The van der Waals surface area contributed by atoms with Crippen molar-refractivity contribution in [2.75, 3.05) is 11.9 Å². The number of ether oxygens (including phenoxy) is 1. The fourth-order valence-electron chi connectivity index (χ4n) is 1.90. The van der Waals surface area contributed by atoms with Crippen LogP contribution in [-0.4, -0.2) is 11.7 Å². The summed E-state index contributed by atoms with van der Waals surface area (Å²) in [5, 5.41) is 13.3. The van der Waals surface area contributed by atoms with Gasteiger partial charge in [-0.3, -0.25) is 0 Å². The third-order valence-electron chi connectivity index (χ3n) is 2.89. The Hall–Kier alpha value is -2.60. The van der Waals surface area contributed by atoms with Gasteiger partial charge < -0.3 is 15.2 Å². The first kappa shape index (κ1) is 13.8. The Morgan fingerprint density at radius 2 is 2.05 bits per heavy atom. The molecule has 3 nitrogen and oxygen atoms in total. The molecule has 3 heteroatoms. The maximum atomic E-state index is 10.1. The molecule has 0 radical (unpaired) electrons. The number of hydrogen-bond acceptors (Lipinski definition) is 3. The molecule has 0 saturated heterocycles. The number of anilines is 1. The number of nitrogens with one attached hydrogen (secondary N) is 1. The first-order valence-corrected chi connectivity index (χ1v) is 6.48. The number of rotatable bonds is 5. The van der Waals surface area contributed by atoms with E-state index in [4.69, 9.17) is 11.2 Å². The van der Waals surface area contributed by atoms with Crippen molar-refractivity contribution in [3.63, 3.8) is 0 Å². The number of aromatic hydroxyl groups is 1. The molecule has 0 aliphatic carbocycles. The Morgan fingerprint density at radius 3 is 2.80 bits per heavy atom. The molecule has 2 aromatic rings. The van der Waals surface area contributed by atoms with Crippen LogP contribution in [0.1, 0.15) is 18.1 Å². The zero-order chi connectivity index (χ0) is 14.4. The monoisotopic (exact) mass is 267 g/mol. The summed E-state index contributed by atoms with van der Waals surface area (Å²) < 4.78 is 5.36. The van der Waals surface area contributed by atoms with Crippen LogP contribution in [0.3, 0.4) is 0 Å². The summed E-state index contributed by atoms with van der Waals surface area (Å²) in [5.41, 5.74) is 2.52. The predicted molar refractivity (Wildman–Crippen MR) is 81.0 cm³/mol. The molecule has 0 spiro atoms. The van der Waals surface area contributed by atoms with Gasteiger partial charge in [0.05, 0.1) is 6.61 Å². The molecular formula is C17H17NO2. The lowest BCUT2D eigenvalue weighted by atomic mass is 10.1. The van der Waals surface area contributed by atoms with Gasteiger partial charge >= 0.3 is 0 Å². The molecule has 0 aromatic heterocycles. The molecule has 0 amide bonds. The van der Waals surface area contributed by atoms with E-state index in [1.54, 1.807) is 6.07 Å². The molecular weight excluding hydrogens is 250 g/mol. The second-order valence-electron chi connectivity index (χ2n) is 4.28. The Kier molecular flexibility index (Phi) is 4.52. The lowest BCUT2D eigenvalue weighted by molar-refractivity contribution is 0.317. The smallest absolute Gasteiger partial charge is 0.162 e. The minimum absolute atomic E-state index is 0.176. The summed E-state index contributed by atoms with van der Waals surface area (Å²) >= 11 is 0. The van der Waals surface area contributed by atoms with E-state index < -0.39 is 0 Å². The summed E-state index contributed by atoms with van der Waals surface area (Å²) in [6.07, 6.45) is 5.37. The predicted octanol–water partition coefficient (Wildman–Crippen LogP) is 3.38. The molecule has 0 atom stereocenters. The zero-order valence-corrected chi connectivity index (χ0v) is 11.4. The number of phenols is 1. The van der Waals surface area contributed by atoms with Crippen LogP contribution < -0.4 is 10.1 Å². The van der Waals surface area contributed by atoms with E-state index in [0.29, 0.717) is 18.9 Å². The van der Waals surface area contributed by atoms with Crippen LogP contribution in [0.4, 0.5) is 5.69 Å². The molecule has 2 N–H and O–H groups in total. The SMILES string of the molecule is C#Cc1cccc(NCc2cccc(OCC)c2O)c1. The summed E-state index contributed by atoms with van der Waals surface area (Å²) in [7, 11) is 0. The molecule has 0 aliphatic heterocycles. The summed E-state index contributed by atoms with van der Waals surface area (Å²) in [5.74, 6) is 3.27. The van der Waals surface area contributed by atoms with Gasteiger partial charge in [0.25, 0.3) is 0 Å². The van der Waals surface area contributed by atoms with E-state index >= 15 is 0 Å². The fourth-order valence-corrected chi connectivity index (χ4v) is 1.90. The molecule has 0 fully saturated rings. The summed E-state index contributed by atoms with van der Waals surface area (Å²) in [6, 6.07) is 13.1. The average molecular weight is 267 g/mol. The van der Waals surface area contributed by atoms with Crippen LogP contribution >= 0.6 is 0 Å². The molecule has 0 saturated carbocycles. The van der Waals surface area contributed by atoms with Crippen molar-refractivity contribution >= 4 is 5.69 Å². The molecule has 102 valence electrons. The van der Waals surface area contributed by atoms with Gasteiger partial charge in [0.15, 0.2) is 11.5 Å². The Bertz CT molecular complexity index is 629. The van der Waals surface area contributed by atoms with E-state index in [0.717, 1.165) is 16.8 Å². The molecule has 0 unspecified atom stereocenters. The van der Waals surface area contributed by atoms with E-state index in [1.165, 1.54) is 0 Å². The fraction of sp³-hybridized carbons (Fsp3) is 0.176. The van der Waals surface area contributed by atoms with Crippen LogP contribution in [0.5, 0.6) is 11.5 Å². The molecule has 0 bridgehead atoms. The van der Waals surface area contributed by atoms with Crippen molar-refractivity contribution in [3.05, 3.63) is 53.6 Å². The highest BCUT2D eigenvalue weighted by Crippen LogP contribution is 2.30. The third kappa shape index (κ3) is 3.24. The van der Waals surface area contributed by atoms with Crippen LogP contribution in [0.25, 0.3) is 0 Å². The summed E-state index contributed by atoms with van der Waals surface area (Å²) in [4.78, 5) is 0. The number of terminal acetylenes is 1. The minimum Gasteiger partial charge on any atom is -0.504 e. The Balaban J connectivity index is 2.11. The van der Waals surface area contributed by atoms with Crippen molar-refractivity contribution in [3.8, 4) is 23.8 Å². The van der Waals surface area contributed by atoms with Gasteiger partial charge in [-0.1, -0.05) is 24.1 Å². The van der Waals surface area contributed by atoms with E-state index in [-0.39, 0.29) is 5.75 Å². The second-order valence-corrected chi connectivity index (χ2v) is 4.28. The molecule has 20 heavy (non-hydrogen) atoms. The van der Waals surface area contributed by atoms with E-state index in [1.807, 2.05) is 43.3 Å². The van der Waals surface area contributed by atoms with Crippen LogP contribution in [-0.2, 0) is 6.54 Å². The van der Waals surface area contributed by atoms with Gasteiger partial charge in [-0.15, -0.1) is 6.42 Å². The number of benzene rings is 2. The molecule has 2 aromatic carbocycles. The first-order chi connectivity index (χ1) is 9.74. The van der Waals surface area contributed by atoms with Gasteiger partial charge in [-0.2, -0.15) is 0 Å². The molecule has 2 rings (SSSR count). The van der Waals surface area contributed by atoms with Crippen molar-refractivity contribution in [1.82, 2.24) is 0 Å². The minimum atomic E-state index is 0.176. The average Bonchev–Trinajstić information content (AvgIpc) is 2.48. The quantitative estimate of drug-likeness (QED) is 0.816. The lowest BCUT2D eigenvalue weighted by Crippen LogP contribution is -2.01. The molecule has 0 aliphatic rings. The molecule has 0 heterocycles. The maximum absolute atomic E-state index is 10.1. The Morgan fingerprint density at radius 1 is 1.25 bits per heavy atom. The normalized spacial score (nSPS) is 9.80. The lowest BCUT2D eigenvalue weighted by Gasteiger charge is -2.11. The zero-order valence-electron chi connectivity index (χ0n) is 11.4. The highest BCUT2D eigenvalue weighted by Gasteiger charge is 2.07. The van der Waals surface area contributed by atoms with E-state index in [9.17, 15) is 5.11 Å². The van der Waals surface area contributed by atoms with Gasteiger partial charge in [0.2, 0.25) is 0 Å². The van der Waals surface area contributed by atoms with Gasteiger partial charge in [0.1, 0.15) is 0 Å². The maximum Gasteiger partial charge on any atom is 0.162 e.